The van der Waals surface area contributed by atoms with Crippen molar-refractivity contribution in [2.45, 2.75) is 37.8 Å². The Morgan fingerprint density at radius 3 is 2.57 bits per heavy atom. The summed E-state index contributed by atoms with van der Waals surface area (Å²) in [6.07, 6.45) is 4.00. The van der Waals surface area contributed by atoms with Crippen LogP contribution in [0.3, 0.4) is 0 Å². The minimum Gasteiger partial charge on any atom is -0.488 e. The number of benzene rings is 2. The molecule has 0 aromatic heterocycles. The molecule has 158 valence electrons. The molecule has 1 aliphatic carbocycles. The van der Waals surface area contributed by atoms with Gasteiger partial charge >= 0.3 is 0 Å². The van der Waals surface area contributed by atoms with E-state index in [0.717, 1.165) is 31.4 Å². The number of rotatable bonds is 5. The molecule has 0 bridgehead atoms. The Bertz CT molecular complexity index is 900. The molecular formula is C24H30N4O2. The van der Waals surface area contributed by atoms with Crippen LogP contribution in [0, 0.1) is 0 Å². The Hall–Kier alpha value is -3.02. The van der Waals surface area contributed by atoms with Gasteiger partial charge < -0.3 is 20.3 Å². The highest BCUT2D eigenvalue weighted by atomic mass is 16.5. The molecule has 1 heterocycles. The first-order chi connectivity index (χ1) is 14.6. The highest BCUT2D eigenvalue weighted by molar-refractivity contribution is 5.85. The normalized spacial score (nSPS) is 20.0. The first-order valence-electron chi connectivity index (χ1n) is 10.6. The Morgan fingerprint density at radius 2 is 1.80 bits per heavy atom. The number of hydrogen-bond acceptors (Lipinski definition) is 3. The summed E-state index contributed by atoms with van der Waals surface area (Å²) in [5.41, 5.74) is 4.06. The van der Waals surface area contributed by atoms with E-state index in [4.69, 9.17) is 4.74 Å². The monoisotopic (exact) mass is 406 g/mol. The van der Waals surface area contributed by atoms with E-state index in [0.29, 0.717) is 18.5 Å². The number of ether oxygens (including phenoxy) is 1. The van der Waals surface area contributed by atoms with Gasteiger partial charge in [0.25, 0.3) is 0 Å². The van der Waals surface area contributed by atoms with Gasteiger partial charge in [0.1, 0.15) is 18.4 Å². The molecule has 6 nitrogen and oxygen atoms in total. The van der Waals surface area contributed by atoms with E-state index < -0.39 is 0 Å². The number of carbonyl (C=O) groups is 1. The topological polar surface area (TPSA) is 66.0 Å². The number of likely N-dealkylation sites (N-methyl/N-ethyl adjacent to an activating group) is 1. The molecule has 2 N–H and O–H groups in total. The van der Waals surface area contributed by atoms with E-state index in [2.05, 4.69) is 46.0 Å². The van der Waals surface area contributed by atoms with Gasteiger partial charge in [0.2, 0.25) is 5.91 Å². The van der Waals surface area contributed by atoms with Gasteiger partial charge in [0, 0.05) is 26.6 Å². The van der Waals surface area contributed by atoms with Crippen LogP contribution in [0.5, 0.6) is 5.75 Å². The van der Waals surface area contributed by atoms with Crippen molar-refractivity contribution >= 4 is 11.9 Å². The van der Waals surface area contributed by atoms with Gasteiger partial charge in [-0.25, -0.2) is 4.99 Å². The van der Waals surface area contributed by atoms with Crippen molar-refractivity contribution in [3.05, 3.63) is 65.2 Å². The number of carbonyl (C=O) groups excluding carboxylic acids is 1. The zero-order valence-electron chi connectivity index (χ0n) is 17.7. The molecule has 2 aromatic carbocycles. The second kappa shape index (κ2) is 9.20. The van der Waals surface area contributed by atoms with Gasteiger partial charge in [-0.3, -0.25) is 4.79 Å². The van der Waals surface area contributed by atoms with Gasteiger partial charge in [0.15, 0.2) is 5.96 Å². The lowest BCUT2D eigenvalue weighted by Gasteiger charge is -2.27. The number of nitrogens with one attached hydrogen (secondary N) is 2. The summed E-state index contributed by atoms with van der Waals surface area (Å²) < 4.78 is 6.04. The average Bonchev–Trinajstić information content (AvgIpc) is 3.18. The van der Waals surface area contributed by atoms with Crippen LogP contribution in [0.25, 0.3) is 0 Å². The third-order valence-corrected chi connectivity index (χ3v) is 5.77. The number of para-hydroxylation sites is 1. The summed E-state index contributed by atoms with van der Waals surface area (Å²) >= 11 is 0. The lowest BCUT2D eigenvalue weighted by Crippen LogP contribution is -2.48. The molecule has 0 spiro atoms. The van der Waals surface area contributed by atoms with Crippen molar-refractivity contribution < 1.29 is 9.53 Å². The molecule has 0 saturated carbocycles. The molecule has 2 aliphatic rings. The van der Waals surface area contributed by atoms with Crippen molar-refractivity contribution in [2.24, 2.45) is 4.99 Å². The van der Waals surface area contributed by atoms with Gasteiger partial charge in [-0.1, -0.05) is 42.5 Å². The number of aryl methyl sites for hydroxylation is 1. The Kier molecular flexibility index (Phi) is 6.21. The predicted molar refractivity (Wildman–Crippen MR) is 119 cm³/mol. The number of aliphatic imine (C=N–C) groups is 1. The largest absolute Gasteiger partial charge is 0.488 e. The van der Waals surface area contributed by atoms with Crippen LogP contribution in [-0.2, 0) is 24.1 Å². The first kappa shape index (κ1) is 20.3. The Morgan fingerprint density at radius 1 is 1.07 bits per heavy atom. The minimum absolute atomic E-state index is 0.0189. The molecule has 30 heavy (non-hydrogen) atoms. The summed E-state index contributed by atoms with van der Waals surface area (Å²) in [6, 6.07) is 17.1. The van der Waals surface area contributed by atoms with Gasteiger partial charge in [-0.2, -0.15) is 0 Å². The van der Waals surface area contributed by atoms with Crippen LogP contribution < -0.4 is 15.4 Å². The van der Waals surface area contributed by atoms with Crippen molar-refractivity contribution in [2.75, 3.05) is 27.2 Å². The number of amides is 1. The Labute approximate surface area is 178 Å². The standard InChI is InChI=1S/C24H30N4O2/c1-28(2)23(29)16-26-24(25-15-21-14-19-9-5-6-10-22(19)30-21)27-20-12-11-17-7-3-4-8-18(17)13-20/h3-10,20-21H,11-16H2,1-2H3,(H2,25,26,27). The van der Waals surface area contributed by atoms with Crippen molar-refractivity contribution in [1.82, 2.24) is 15.5 Å². The van der Waals surface area contributed by atoms with Crippen molar-refractivity contribution in [1.29, 1.82) is 0 Å². The van der Waals surface area contributed by atoms with Gasteiger partial charge in [-0.05, 0) is 42.0 Å². The quantitative estimate of drug-likeness (QED) is 0.590. The van der Waals surface area contributed by atoms with E-state index in [1.807, 2.05) is 18.2 Å². The maximum Gasteiger partial charge on any atom is 0.243 e. The molecule has 0 radical (unpaired) electrons. The number of guanidine groups is 1. The van der Waals surface area contributed by atoms with E-state index in [1.54, 1.807) is 19.0 Å². The summed E-state index contributed by atoms with van der Waals surface area (Å²) in [5.74, 6) is 1.62. The van der Waals surface area contributed by atoms with Crippen LogP contribution in [0.4, 0.5) is 0 Å². The van der Waals surface area contributed by atoms with Gasteiger partial charge in [-0.15, -0.1) is 0 Å². The summed E-state index contributed by atoms with van der Waals surface area (Å²) in [4.78, 5) is 18.2. The van der Waals surface area contributed by atoms with Crippen molar-refractivity contribution in [3.8, 4) is 5.75 Å². The van der Waals surface area contributed by atoms with Crippen LogP contribution in [0.2, 0.25) is 0 Å². The molecule has 2 aromatic rings. The molecular weight excluding hydrogens is 376 g/mol. The van der Waals surface area contributed by atoms with E-state index in [9.17, 15) is 4.79 Å². The maximum atomic E-state index is 12.1. The number of nitrogens with zero attached hydrogens (tertiary/aromatic N) is 2. The molecule has 4 rings (SSSR count). The van der Waals surface area contributed by atoms with Crippen LogP contribution >= 0.6 is 0 Å². The average molecular weight is 407 g/mol. The highest BCUT2D eigenvalue weighted by Gasteiger charge is 2.24. The zero-order valence-corrected chi connectivity index (χ0v) is 17.7. The SMILES string of the molecule is CN(C)C(=O)CN=C(NCC1Cc2ccccc2O1)NC1CCc2ccccc2C1. The second-order valence-corrected chi connectivity index (χ2v) is 8.24. The molecule has 6 heteroatoms. The van der Waals surface area contributed by atoms with Crippen LogP contribution in [-0.4, -0.2) is 56.1 Å². The zero-order chi connectivity index (χ0) is 20.9. The summed E-state index contributed by atoms with van der Waals surface area (Å²) in [7, 11) is 3.50. The molecule has 2 atom stereocenters. The molecule has 0 saturated heterocycles. The fraction of sp³-hybridized carbons (Fsp3) is 0.417. The van der Waals surface area contributed by atoms with Gasteiger partial charge in [0.05, 0.1) is 6.54 Å². The minimum atomic E-state index is -0.0189. The van der Waals surface area contributed by atoms with E-state index in [-0.39, 0.29) is 18.6 Å². The fourth-order valence-corrected chi connectivity index (χ4v) is 4.03. The highest BCUT2D eigenvalue weighted by Crippen LogP contribution is 2.27. The summed E-state index contributed by atoms with van der Waals surface area (Å²) in [5, 5.41) is 6.95. The first-order valence-corrected chi connectivity index (χ1v) is 10.6. The fourth-order valence-electron chi connectivity index (χ4n) is 4.03. The molecule has 2 unspecified atom stereocenters. The molecule has 0 fully saturated rings. The van der Waals surface area contributed by atoms with E-state index >= 15 is 0 Å². The van der Waals surface area contributed by atoms with Crippen LogP contribution in [0.15, 0.2) is 53.5 Å². The third kappa shape index (κ3) is 4.93. The van der Waals surface area contributed by atoms with E-state index in [1.165, 1.54) is 16.7 Å². The number of hydrogen-bond donors (Lipinski definition) is 2. The third-order valence-electron chi connectivity index (χ3n) is 5.77. The lowest BCUT2D eigenvalue weighted by molar-refractivity contribution is -0.127. The van der Waals surface area contributed by atoms with Crippen LogP contribution in [0.1, 0.15) is 23.1 Å². The predicted octanol–water partition coefficient (Wildman–Crippen LogP) is 2.17. The molecule has 1 amide bonds. The lowest BCUT2D eigenvalue weighted by atomic mass is 9.88. The second-order valence-electron chi connectivity index (χ2n) is 8.24. The van der Waals surface area contributed by atoms with Crippen molar-refractivity contribution in [3.63, 3.8) is 0 Å². The maximum absolute atomic E-state index is 12.1. The number of fused-ring (bicyclic) bond motifs is 2. The smallest absolute Gasteiger partial charge is 0.243 e. The summed E-state index contributed by atoms with van der Waals surface area (Å²) in [6.45, 7) is 0.761. The Balaban J connectivity index is 1.38. The molecule has 1 aliphatic heterocycles.